The second-order valence-electron chi connectivity index (χ2n) is 9.95. The predicted molar refractivity (Wildman–Crippen MR) is 148 cm³/mol. The Labute approximate surface area is 220 Å². The molecule has 1 aromatic carbocycles. The second kappa shape index (κ2) is 12.8. The molecule has 1 fully saturated rings. The Balaban J connectivity index is 1.28. The highest BCUT2D eigenvalue weighted by molar-refractivity contribution is 5.94. The van der Waals surface area contributed by atoms with Crippen molar-refractivity contribution in [2.45, 2.75) is 59.4 Å². The first-order valence-electron chi connectivity index (χ1n) is 13.3. The topological polar surface area (TPSA) is 70.6 Å². The average molecular weight is 502 g/mol. The van der Waals surface area contributed by atoms with E-state index in [1.54, 1.807) is 18.3 Å². The Hall–Kier alpha value is -3.29. The van der Waals surface area contributed by atoms with E-state index in [-0.39, 0.29) is 18.1 Å². The lowest BCUT2D eigenvalue weighted by atomic mass is 10.1. The molecule has 1 aliphatic heterocycles. The molecule has 0 amide bonds. The fourth-order valence-electron chi connectivity index (χ4n) is 4.68. The minimum absolute atomic E-state index is 0.155. The van der Waals surface area contributed by atoms with Gasteiger partial charge in [-0.3, -0.25) is 9.88 Å². The summed E-state index contributed by atoms with van der Waals surface area (Å²) in [5.41, 5.74) is 5.28. The summed E-state index contributed by atoms with van der Waals surface area (Å²) in [4.78, 5) is 26.4. The molecule has 196 valence electrons. The van der Waals surface area contributed by atoms with Crippen molar-refractivity contribution in [1.82, 2.24) is 20.2 Å². The van der Waals surface area contributed by atoms with Crippen molar-refractivity contribution in [3.8, 4) is 0 Å². The van der Waals surface area contributed by atoms with Crippen molar-refractivity contribution in [3.63, 3.8) is 0 Å². The van der Waals surface area contributed by atoms with Gasteiger partial charge in [0.25, 0.3) is 0 Å². The number of anilines is 1. The normalized spacial score (nSPS) is 15.1. The third-order valence-electron chi connectivity index (χ3n) is 6.68. The Morgan fingerprint density at radius 1 is 1.00 bits per heavy atom. The SMILES string of the molecule is CCC(NCc1ccc(CN2CCN(c3ncccc3C(=O)OC(C)C)CC2)cc1)c1cccc(C)n1. The van der Waals surface area contributed by atoms with Crippen LogP contribution in [0.4, 0.5) is 5.82 Å². The maximum atomic E-state index is 12.5. The first-order chi connectivity index (χ1) is 17.9. The van der Waals surface area contributed by atoms with Gasteiger partial charge in [0.05, 0.1) is 11.8 Å². The van der Waals surface area contributed by atoms with Crippen LogP contribution in [0, 0.1) is 6.92 Å². The molecule has 0 spiro atoms. The maximum Gasteiger partial charge on any atom is 0.342 e. The van der Waals surface area contributed by atoms with Crippen LogP contribution in [0.15, 0.2) is 60.8 Å². The van der Waals surface area contributed by atoms with Gasteiger partial charge in [0.15, 0.2) is 0 Å². The van der Waals surface area contributed by atoms with E-state index in [4.69, 9.17) is 4.74 Å². The summed E-state index contributed by atoms with van der Waals surface area (Å²) in [6.07, 6.45) is 2.59. The Bertz CT molecular complexity index is 1160. The van der Waals surface area contributed by atoms with Gasteiger partial charge in [0, 0.05) is 57.2 Å². The number of carbonyl (C=O) groups is 1. The van der Waals surface area contributed by atoms with E-state index in [0.717, 1.165) is 62.9 Å². The van der Waals surface area contributed by atoms with Crippen molar-refractivity contribution in [1.29, 1.82) is 0 Å². The number of rotatable bonds is 10. The van der Waals surface area contributed by atoms with Gasteiger partial charge < -0.3 is 15.0 Å². The fourth-order valence-corrected chi connectivity index (χ4v) is 4.68. The highest BCUT2D eigenvalue weighted by Crippen LogP contribution is 2.21. The number of nitrogens with zero attached hydrogens (tertiary/aromatic N) is 4. The number of ether oxygens (including phenoxy) is 1. The highest BCUT2D eigenvalue weighted by Gasteiger charge is 2.23. The van der Waals surface area contributed by atoms with E-state index >= 15 is 0 Å². The summed E-state index contributed by atoms with van der Waals surface area (Å²) in [5.74, 6) is 0.409. The molecule has 1 atom stereocenters. The zero-order valence-electron chi connectivity index (χ0n) is 22.5. The zero-order valence-corrected chi connectivity index (χ0v) is 22.5. The summed E-state index contributed by atoms with van der Waals surface area (Å²) >= 11 is 0. The van der Waals surface area contributed by atoms with Crippen LogP contribution in [0.1, 0.15) is 66.1 Å². The van der Waals surface area contributed by atoms with Crippen LogP contribution in [-0.2, 0) is 17.8 Å². The molecule has 1 unspecified atom stereocenters. The van der Waals surface area contributed by atoms with E-state index in [9.17, 15) is 4.79 Å². The number of aryl methyl sites for hydroxylation is 1. The summed E-state index contributed by atoms with van der Waals surface area (Å²) in [7, 11) is 0. The Kier molecular flexibility index (Phi) is 9.25. The molecule has 0 saturated carbocycles. The monoisotopic (exact) mass is 501 g/mol. The van der Waals surface area contributed by atoms with E-state index in [1.807, 2.05) is 26.8 Å². The second-order valence-corrected chi connectivity index (χ2v) is 9.95. The van der Waals surface area contributed by atoms with Gasteiger partial charge in [-0.2, -0.15) is 0 Å². The van der Waals surface area contributed by atoms with Crippen molar-refractivity contribution in [3.05, 3.63) is 88.9 Å². The molecular weight excluding hydrogens is 462 g/mol. The van der Waals surface area contributed by atoms with Gasteiger partial charge in [-0.25, -0.2) is 9.78 Å². The van der Waals surface area contributed by atoms with Crippen LogP contribution in [-0.4, -0.2) is 53.1 Å². The number of aromatic nitrogens is 2. The first kappa shape index (κ1) is 26.8. The molecule has 7 nitrogen and oxygen atoms in total. The summed E-state index contributed by atoms with van der Waals surface area (Å²) in [6, 6.07) is 19.0. The number of nitrogens with one attached hydrogen (secondary N) is 1. The third kappa shape index (κ3) is 7.37. The van der Waals surface area contributed by atoms with E-state index in [1.165, 1.54) is 11.1 Å². The number of benzene rings is 1. The van der Waals surface area contributed by atoms with Crippen LogP contribution in [0.5, 0.6) is 0 Å². The molecule has 0 bridgehead atoms. The summed E-state index contributed by atoms with van der Waals surface area (Å²) in [5, 5.41) is 3.66. The minimum atomic E-state index is -0.310. The van der Waals surface area contributed by atoms with Crippen molar-refractivity contribution in [2.24, 2.45) is 0 Å². The average Bonchev–Trinajstić information content (AvgIpc) is 2.90. The lowest BCUT2D eigenvalue weighted by molar-refractivity contribution is 0.0378. The molecular formula is C30H39N5O2. The van der Waals surface area contributed by atoms with Crippen molar-refractivity contribution >= 4 is 11.8 Å². The number of carbonyl (C=O) groups excluding carboxylic acids is 1. The molecule has 1 N–H and O–H groups in total. The number of esters is 1. The molecule has 0 radical (unpaired) electrons. The lowest BCUT2D eigenvalue weighted by Gasteiger charge is -2.36. The van der Waals surface area contributed by atoms with E-state index < -0.39 is 0 Å². The van der Waals surface area contributed by atoms with Crippen LogP contribution < -0.4 is 10.2 Å². The number of pyridine rings is 2. The van der Waals surface area contributed by atoms with E-state index in [0.29, 0.717) is 5.56 Å². The predicted octanol–water partition coefficient (Wildman–Crippen LogP) is 4.91. The Morgan fingerprint density at radius 3 is 2.41 bits per heavy atom. The van der Waals surface area contributed by atoms with Gasteiger partial charge >= 0.3 is 5.97 Å². The maximum absolute atomic E-state index is 12.5. The minimum Gasteiger partial charge on any atom is -0.459 e. The molecule has 7 heteroatoms. The molecule has 0 aliphatic carbocycles. The first-order valence-corrected chi connectivity index (χ1v) is 13.3. The molecule has 1 saturated heterocycles. The Morgan fingerprint density at radius 2 is 1.73 bits per heavy atom. The van der Waals surface area contributed by atoms with Crippen LogP contribution >= 0.6 is 0 Å². The third-order valence-corrected chi connectivity index (χ3v) is 6.68. The quantitative estimate of drug-likeness (QED) is 0.396. The largest absolute Gasteiger partial charge is 0.459 e. The number of hydrogen-bond donors (Lipinski definition) is 1. The van der Waals surface area contributed by atoms with Gasteiger partial charge in [-0.15, -0.1) is 0 Å². The van der Waals surface area contributed by atoms with E-state index in [2.05, 4.69) is 68.4 Å². The number of hydrogen-bond acceptors (Lipinski definition) is 7. The molecule has 2 aromatic heterocycles. The van der Waals surface area contributed by atoms with Crippen molar-refractivity contribution < 1.29 is 9.53 Å². The summed E-state index contributed by atoms with van der Waals surface area (Å²) in [6.45, 7) is 13.2. The molecule has 3 aromatic rings. The fraction of sp³-hybridized carbons (Fsp3) is 0.433. The van der Waals surface area contributed by atoms with Gasteiger partial charge in [-0.05, 0) is 62.6 Å². The molecule has 4 rings (SSSR count). The zero-order chi connectivity index (χ0) is 26.2. The van der Waals surface area contributed by atoms with Crippen molar-refractivity contribution in [2.75, 3.05) is 31.1 Å². The standard InChI is InChI=1S/C30H39N5O2/c1-5-27(28-10-6-8-23(4)33-28)32-20-24-11-13-25(14-12-24)21-34-16-18-35(19-17-34)29-26(9-7-15-31-29)30(36)37-22(2)3/h6-15,22,27,32H,5,16-21H2,1-4H3. The van der Waals surface area contributed by atoms with Gasteiger partial charge in [0.1, 0.15) is 11.4 Å². The smallest absolute Gasteiger partial charge is 0.342 e. The molecule has 3 heterocycles. The number of piperazine rings is 1. The van der Waals surface area contributed by atoms with Gasteiger partial charge in [-0.1, -0.05) is 37.3 Å². The lowest BCUT2D eigenvalue weighted by Crippen LogP contribution is -2.46. The van der Waals surface area contributed by atoms with Crippen LogP contribution in [0.25, 0.3) is 0 Å². The van der Waals surface area contributed by atoms with Crippen LogP contribution in [0.2, 0.25) is 0 Å². The van der Waals surface area contributed by atoms with Gasteiger partial charge in [0.2, 0.25) is 0 Å². The molecule has 1 aliphatic rings. The molecule has 37 heavy (non-hydrogen) atoms. The summed E-state index contributed by atoms with van der Waals surface area (Å²) < 4.78 is 5.42. The highest BCUT2D eigenvalue weighted by atomic mass is 16.5. The van der Waals surface area contributed by atoms with Crippen LogP contribution in [0.3, 0.4) is 0 Å².